The second-order valence-corrected chi connectivity index (χ2v) is 8.02. The molecule has 0 aliphatic carbocycles. The average molecular weight is 485 g/mol. The average Bonchev–Trinajstić information content (AvgIpc) is 3.15. The molecular weight excluding hydrogens is 470 g/mol. The number of nitrogens with one attached hydrogen (secondary N) is 1. The van der Waals surface area contributed by atoms with Crippen molar-refractivity contribution in [2.45, 2.75) is 6.92 Å². The minimum atomic E-state index is -0.777. The summed E-state index contributed by atoms with van der Waals surface area (Å²) in [6.07, 6.45) is 3.28. The number of amides is 4. The lowest BCUT2D eigenvalue weighted by molar-refractivity contribution is -0.122. The maximum Gasteiger partial charge on any atom is 0.335 e. The van der Waals surface area contributed by atoms with Crippen LogP contribution >= 0.6 is 27.5 Å². The number of anilines is 1. The van der Waals surface area contributed by atoms with Crippen molar-refractivity contribution in [3.05, 3.63) is 87.1 Å². The number of aryl methyl sites for hydroxylation is 1. The summed E-state index contributed by atoms with van der Waals surface area (Å²) in [6.45, 7) is 1.78. The quantitative estimate of drug-likeness (QED) is 0.426. The summed E-state index contributed by atoms with van der Waals surface area (Å²) in [5.41, 5.74) is 2.42. The van der Waals surface area contributed by atoms with Crippen molar-refractivity contribution in [1.29, 1.82) is 0 Å². The van der Waals surface area contributed by atoms with E-state index in [0.29, 0.717) is 22.0 Å². The number of hydrogen-bond acceptors (Lipinski definition) is 3. The molecule has 1 saturated heterocycles. The number of nitrogens with zero attached hydrogens (tertiary/aromatic N) is 2. The van der Waals surface area contributed by atoms with E-state index in [1.165, 1.54) is 6.08 Å². The van der Waals surface area contributed by atoms with E-state index in [0.717, 1.165) is 15.1 Å². The number of barbiturate groups is 1. The van der Waals surface area contributed by atoms with Gasteiger partial charge in [0.05, 0.1) is 5.69 Å². The SMILES string of the molecule is Cc1cc(Br)ccc1N1C(=O)NC(=O)/C(=C\c2cccn2-c2ccc(Cl)cc2)C1=O. The lowest BCUT2D eigenvalue weighted by Gasteiger charge is -2.27. The zero-order chi connectivity index (χ0) is 21.4. The van der Waals surface area contributed by atoms with Crippen molar-refractivity contribution in [1.82, 2.24) is 9.88 Å². The number of rotatable bonds is 3. The highest BCUT2D eigenvalue weighted by Gasteiger charge is 2.37. The van der Waals surface area contributed by atoms with Crippen LogP contribution in [0, 0.1) is 6.92 Å². The van der Waals surface area contributed by atoms with Crippen LogP contribution < -0.4 is 10.2 Å². The van der Waals surface area contributed by atoms with Crippen LogP contribution in [0.2, 0.25) is 5.02 Å². The molecule has 0 unspecified atom stereocenters. The predicted molar refractivity (Wildman–Crippen MR) is 119 cm³/mol. The monoisotopic (exact) mass is 483 g/mol. The molecule has 0 spiro atoms. The highest BCUT2D eigenvalue weighted by molar-refractivity contribution is 9.10. The molecule has 0 atom stereocenters. The van der Waals surface area contributed by atoms with Crippen molar-refractivity contribution >= 4 is 57.1 Å². The van der Waals surface area contributed by atoms with Gasteiger partial charge in [0.2, 0.25) is 0 Å². The third-order valence-electron chi connectivity index (χ3n) is 4.68. The number of halogens is 2. The van der Waals surface area contributed by atoms with Gasteiger partial charge >= 0.3 is 6.03 Å². The first kappa shape index (κ1) is 20.1. The van der Waals surface area contributed by atoms with E-state index in [-0.39, 0.29) is 5.57 Å². The molecule has 2 heterocycles. The van der Waals surface area contributed by atoms with Crippen molar-refractivity contribution in [3.63, 3.8) is 0 Å². The summed E-state index contributed by atoms with van der Waals surface area (Å²) < 4.78 is 2.64. The zero-order valence-electron chi connectivity index (χ0n) is 15.7. The largest absolute Gasteiger partial charge is 0.335 e. The van der Waals surface area contributed by atoms with E-state index in [4.69, 9.17) is 11.6 Å². The minimum absolute atomic E-state index is 0.133. The lowest BCUT2D eigenvalue weighted by atomic mass is 10.1. The standard InChI is InChI=1S/C22H15BrClN3O3/c1-13-11-14(23)4-9-19(13)27-21(29)18(20(28)25-22(27)30)12-17-3-2-10-26(17)16-7-5-15(24)6-8-16/h2-12H,1H3,(H,25,28,30)/b18-12+. The molecule has 1 fully saturated rings. The first-order valence-corrected chi connectivity index (χ1v) is 10.1. The van der Waals surface area contributed by atoms with E-state index < -0.39 is 17.8 Å². The van der Waals surface area contributed by atoms with Crippen LogP contribution in [-0.4, -0.2) is 22.4 Å². The van der Waals surface area contributed by atoms with Crippen LogP contribution in [0.25, 0.3) is 11.8 Å². The van der Waals surface area contributed by atoms with Gasteiger partial charge in [-0.2, -0.15) is 0 Å². The predicted octanol–water partition coefficient (Wildman–Crippen LogP) is 4.87. The normalized spacial score (nSPS) is 15.6. The van der Waals surface area contributed by atoms with E-state index in [1.807, 2.05) is 22.9 Å². The number of urea groups is 1. The van der Waals surface area contributed by atoms with E-state index in [2.05, 4.69) is 21.2 Å². The summed E-state index contributed by atoms with van der Waals surface area (Å²) in [5.74, 6) is -1.42. The second kappa shape index (κ2) is 7.93. The van der Waals surface area contributed by atoms with Gasteiger partial charge in [-0.15, -0.1) is 0 Å². The highest BCUT2D eigenvalue weighted by atomic mass is 79.9. The maximum absolute atomic E-state index is 13.1. The van der Waals surface area contributed by atoms with Crippen LogP contribution in [0.15, 0.2) is 70.8 Å². The van der Waals surface area contributed by atoms with Gasteiger partial charge in [0.15, 0.2) is 0 Å². The van der Waals surface area contributed by atoms with Crippen molar-refractivity contribution in [2.75, 3.05) is 4.90 Å². The number of benzene rings is 2. The van der Waals surface area contributed by atoms with Crippen molar-refractivity contribution in [2.24, 2.45) is 0 Å². The summed E-state index contributed by atoms with van der Waals surface area (Å²) in [5, 5.41) is 2.85. The Morgan fingerprint density at radius 2 is 1.77 bits per heavy atom. The molecule has 0 radical (unpaired) electrons. The molecule has 4 rings (SSSR count). The number of carbonyl (C=O) groups excluding carboxylic acids is 3. The first-order chi connectivity index (χ1) is 14.3. The van der Waals surface area contributed by atoms with E-state index in [1.54, 1.807) is 49.4 Å². The zero-order valence-corrected chi connectivity index (χ0v) is 18.1. The smallest absolute Gasteiger partial charge is 0.317 e. The molecule has 1 aliphatic heterocycles. The molecule has 1 aromatic heterocycles. The summed E-state index contributed by atoms with van der Waals surface area (Å²) in [4.78, 5) is 39.0. The first-order valence-electron chi connectivity index (χ1n) is 8.96. The van der Waals surface area contributed by atoms with Gasteiger partial charge in [-0.1, -0.05) is 27.5 Å². The van der Waals surface area contributed by atoms with Crippen LogP contribution in [0.3, 0.4) is 0 Å². The summed E-state index contributed by atoms with van der Waals surface area (Å²) in [7, 11) is 0. The minimum Gasteiger partial charge on any atom is -0.317 e. The number of carbonyl (C=O) groups is 3. The summed E-state index contributed by atoms with van der Waals surface area (Å²) >= 11 is 9.32. The highest BCUT2D eigenvalue weighted by Crippen LogP contribution is 2.28. The van der Waals surface area contributed by atoms with Crippen LogP contribution in [-0.2, 0) is 9.59 Å². The molecule has 0 saturated carbocycles. The Morgan fingerprint density at radius 3 is 2.47 bits per heavy atom. The Bertz CT molecular complexity index is 1210. The molecular formula is C22H15BrClN3O3. The molecule has 2 aromatic carbocycles. The Balaban J connectivity index is 1.76. The molecule has 3 aromatic rings. The Kier molecular flexibility index (Phi) is 5.32. The molecule has 8 heteroatoms. The Labute approximate surface area is 185 Å². The molecule has 30 heavy (non-hydrogen) atoms. The van der Waals surface area contributed by atoms with Gasteiger partial charge < -0.3 is 4.57 Å². The van der Waals surface area contributed by atoms with Gasteiger partial charge in [0.1, 0.15) is 5.57 Å². The van der Waals surface area contributed by atoms with Crippen molar-refractivity contribution < 1.29 is 14.4 Å². The molecule has 0 bridgehead atoms. The molecule has 1 N–H and O–H groups in total. The number of aromatic nitrogens is 1. The van der Waals surface area contributed by atoms with Gasteiger partial charge in [-0.05, 0) is 73.2 Å². The van der Waals surface area contributed by atoms with Crippen LogP contribution in [0.4, 0.5) is 10.5 Å². The molecule has 150 valence electrons. The molecule has 4 amide bonds. The molecule has 1 aliphatic rings. The van der Waals surface area contributed by atoms with Crippen molar-refractivity contribution in [3.8, 4) is 5.69 Å². The fraction of sp³-hybridized carbons (Fsp3) is 0.0455. The van der Waals surface area contributed by atoms with Gasteiger partial charge in [-0.25, -0.2) is 9.69 Å². The topological polar surface area (TPSA) is 71.4 Å². The Morgan fingerprint density at radius 1 is 1.03 bits per heavy atom. The third-order valence-corrected chi connectivity index (χ3v) is 5.42. The maximum atomic E-state index is 13.1. The molecule has 6 nitrogen and oxygen atoms in total. The number of hydrogen-bond donors (Lipinski definition) is 1. The van der Waals surface area contributed by atoms with Gasteiger partial charge in [0, 0.05) is 27.1 Å². The fourth-order valence-corrected chi connectivity index (χ4v) is 3.84. The Hall–Kier alpha value is -3.16. The van der Waals surface area contributed by atoms with Gasteiger partial charge in [0.25, 0.3) is 11.8 Å². The number of imide groups is 2. The fourth-order valence-electron chi connectivity index (χ4n) is 3.24. The van der Waals surface area contributed by atoms with E-state index in [9.17, 15) is 14.4 Å². The second-order valence-electron chi connectivity index (χ2n) is 6.67. The summed E-state index contributed by atoms with van der Waals surface area (Å²) in [6, 6.07) is 15.1. The van der Waals surface area contributed by atoms with Crippen LogP contribution in [0.1, 0.15) is 11.3 Å². The van der Waals surface area contributed by atoms with E-state index >= 15 is 0 Å². The third kappa shape index (κ3) is 3.69. The van der Waals surface area contributed by atoms with Crippen LogP contribution in [0.5, 0.6) is 0 Å². The van der Waals surface area contributed by atoms with Gasteiger partial charge in [-0.3, -0.25) is 14.9 Å². The lowest BCUT2D eigenvalue weighted by Crippen LogP contribution is -2.54.